The van der Waals surface area contributed by atoms with Gasteiger partial charge in [-0.15, -0.1) is 0 Å². The van der Waals surface area contributed by atoms with Gasteiger partial charge in [-0.3, -0.25) is 4.79 Å². The summed E-state index contributed by atoms with van der Waals surface area (Å²) < 4.78 is 0.858. The van der Waals surface area contributed by atoms with E-state index in [1.807, 2.05) is 30.1 Å². The van der Waals surface area contributed by atoms with E-state index in [1.54, 1.807) is 6.92 Å². The molecule has 0 bridgehead atoms. The SMILES string of the molecule is CC(CN(C)Cc1ccc(Cl)c(Br)c1)C(=O)O. The summed E-state index contributed by atoms with van der Waals surface area (Å²) in [6.07, 6.45) is 0. The van der Waals surface area contributed by atoms with E-state index in [0.717, 1.165) is 10.0 Å². The van der Waals surface area contributed by atoms with E-state index in [1.165, 1.54) is 0 Å². The van der Waals surface area contributed by atoms with Gasteiger partial charge in [0, 0.05) is 17.6 Å². The second kappa shape index (κ2) is 6.38. The predicted octanol–water partition coefficient (Wildman–Crippen LogP) is 3.26. The monoisotopic (exact) mass is 319 g/mol. The zero-order valence-electron chi connectivity index (χ0n) is 9.78. The molecule has 17 heavy (non-hydrogen) atoms. The van der Waals surface area contributed by atoms with Crippen molar-refractivity contribution in [3.05, 3.63) is 33.3 Å². The minimum Gasteiger partial charge on any atom is -0.481 e. The number of rotatable bonds is 5. The van der Waals surface area contributed by atoms with Gasteiger partial charge in [0.25, 0.3) is 0 Å². The Balaban J connectivity index is 2.58. The van der Waals surface area contributed by atoms with E-state index in [2.05, 4.69) is 15.9 Å². The third-order valence-corrected chi connectivity index (χ3v) is 3.66. The van der Waals surface area contributed by atoms with Crippen molar-refractivity contribution in [1.82, 2.24) is 4.90 Å². The van der Waals surface area contributed by atoms with E-state index in [4.69, 9.17) is 16.7 Å². The van der Waals surface area contributed by atoms with E-state index < -0.39 is 5.97 Å². The molecule has 0 aliphatic heterocycles. The molecule has 0 saturated carbocycles. The molecule has 1 rings (SSSR count). The van der Waals surface area contributed by atoms with Gasteiger partial charge in [0.15, 0.2) is 0 Å². The van der Waals surface area contributed by atoms with Crippen LogP contribution in [0.1, 0.15) is 12.5 Å². The topological polar surface area (TPSA) is 40.5 Å². The zero-order valence-corrected chi connectivity index (χ0v) is 12.1. The predicted molar refractivity (Wildman–Crippen MR) is 72.3 cm³/mol. The van der Waals surface area contributed by atoms with Crippen molar-refractivity contribution in [1.29, 1.82) is 0 Å². The fourth-order valence-corrected chi connectivity index (χ4v) is 2.10. The van der Waals surface area contributed by atoms with Crippen molar-refractivity contribution in [2.75, 3.05) is 13.6 Å². The Hall–Kier alpha value is -0.580. The van der Waals surface area contributed by atoms with Gasteiger partial charge in [-0.25, -0.2) is 0 Å². The van der Waals surface area contributed by atoms with Crippen LogP contribution in [0.15, 0.2) is 22.7 Å². The Morgan fingerprint density at radius 3 is 2.76 bits per heavy atom. The molecule has 1 atom stereocenters. The van der Waals surface area contributed by atoms with E-state index in [9.17, 15) is 4.79 Å². The summed E-state index contributed by atoms with van der Waals surface area (Å²) in [7, 11) is 1.90. The molecule has 0 spiro atoms. The normalized spacial score (nSPS) is 12.8. The Labute approximate surface area is 115 Å². The maximum atomic E-state index is 10.7. The number of aliphatic carboxylic acids is 1. The van der Waals surface area contributed by atoms with Crippen LogP contribution in [-0.2, 0) is 11.3 Å². The number of carboxylic acids is 1. The highest BCUT2D eigenvalue weighted by atomic mass is 79.9. The molecule has 0 aliphatic carbocycles. The molecule has 1 aromatic rings. The van der Waals surface area contributed by atoms with E-state index in [-0.39, 0.29) is 5.92 Å². The van der Waals surface area contributed by atoms with E-state index >= 15 is 0 Å². The first-order valence-electron chi connectivity index (χ1n) is 5.25. The lowest BCUT2D eigenvalue weighted by Crippen LogP contribution is -2.28. The molecule has 3 nitrogen and oxygen atoms in total. The smallest absolute Gasteiger partial charge is 0.307 e. The van der Waals surface area contributed by atoms with Gasteiger partial charge in [0.2, 0.25) is 0 Å². The highest BCUT2D eigenvalue weighted by molar-refractivity contribution is 9.10. The lowest BCUT2D eigenvalue weighted by molar-refractivity contribution is -0.141. The number of hydrogen-bond donors (Lipinski definition) is 1. The first-order chi connectivity index (χ1) is 7.90. The number of hydrogen-bond acceptors (Lipinski definition) is 2. The van der Waals surface area contributed by atoms with Gasteiger partial charge in [0.05, 0.1) is 10.9 Å². The summed E-state index contributed by atoms with van der Waals surface area (Å²) >= 11 is 9.27. The molecule has 5 heteroatoms. The summed E-state index contributed by atoms with van der Waals surface area (Å²) in [5.41, 5.74) is 1.10. The molecule has 1 N–H and O–H groups in total. The van der Waals surface area contributed by atoms with Crippen LogP contribution in [0, 0.1) is 5.92 Å². The fraction of sp³-hybridized carbons (Fsp3) is 0.417. The second-order valence-corrected chi connectivity index (χ2v) is 5.45. The molecule has 0 fully saturated rings. The summed E-state index contributed by atoms with van der Waals surface area (Å²) in [5.74, 6) is -1.13. The van der Waals surface area contributed by atoms with Gasteiger partial charge in [0.1, 0.15) is 0 Å². The average Bonchev–Trinajstić information content (AvgIpc) is 2.23. The van der Waals surface area contributed by atoms with Crippen LogP contribution in [0.5, 0.6) is 0 Å². The van der Waals surface area contributed by atoms with E-state index in [0.29, 0.717) is 18.1 Å². The van der Waals surface area contributed by atoms with Gasteiger partial charge in [-0.2, -0.15) is 0 Å². The number of carboxylic acid groups (broad SMARTS) is 1. The zero-order chi connectivity index (χ0) is 13.0. The number of benzene rings is 1. The highest BCUT2D eigenvalue weighted by Crippen LogP contribution is 2.23. The Morgan fingerprint density at radius 1 is 1.59 bits per heavy atom. The van der Waals surface area contributed by atoms with Crippen molar-refractivity contribution >= 4 is 33.5 Å². The van der Waals surface area contributed by atoms with Crippen molar-refractivity contribution in [2.24, 2.45) is 5.92 Å². The molecule has 0 radical (unpaired) electrons. The Kier molecular flexibility index (Phi) is 5.43. The minimum absolute atomic E-state index is 0.365. The van der Waals surface area contributed by atoms with Gasteiger partial charge in [-0.1, -0.05) is 24.6 Å². The molecule has 0 amide bonds. The largest absolute Gasteiger partial charge is 0.481 e. The maximum absolute atomic E-state index is 10.7. The lowest BCUT2D eigenvalue weighted by Gasteiger charge is -2.19. The summed E-state index contributed by atoms with van der Waals surface area (Å²) in [6, 6.07) is 5.72. The number of carbonyl (C=O) groups is 1. The van der Waals surface area contributed by atoms with Crippen molar-refractivity contribution in [3.8, 4) is 0 Å². The molecule has 0 aliphatic rings. The minimum atomic E-state index is -0.769. The van der Waals surface area contributed by atoms with Crippen LogP contribution in [0.4, 0.5) is 0 Å². The van der Waals surface area contributed by atoms with Gasteiger partial charge < -0.3 is 10.0 Å². The molecule has 0 aromatic heterocycles. The van der Waals surface area contributed by atoms with Crippen LogP contribution in [0.2, 0.25) is 5.02 Å². The standard InChI is InChI=1S/C12H15BrClNO2/c1-8(12(16)17)6-15(2)7-9-3-4-11(14)10(13)5-9/h3-5,8H,6-7H2,1-2H3,(H,16,17). The molecule has 1 aromatic carbocycles. The second-order valence-electron chi connectivity index (χ2n) is 4.18. The maximum Gasteiger partial charge on any atom is 0.307 e. The molecule has 0 heterocycles. The van der Waals surface area contributed by atoms with Gasteiger partial charge in [-0.05, 0) is 40.7 Å². The fourth-order valence-electron chi connectivity index (χ4n) is 1.56. The molecule has 94 valence electrons. The molecule has 0 saturated heterocycles. The highest BCUT2D eigenvalue weighted by Gasteiger charge is 2.13. The van der Waals surface area contributed by atoms with Crippen LogP contribution in [0.3, 0.4) is 0 Å². The quantitative estimate of drug-likeness (QED) is 0.905. The third-order valence-electron chi connectivity index (χ3n) is 2.44. The summed E-state index contributed by atoms with van der Waals surface area (Å²) in [6.45, 7) is 2.93. The third kappa shape index (κ3) is 4.66. The van der Waals surface area contributed by atoms with Crippen molar-refractivity contribution in [3.63, 3.8) is 0 Å². The van der Waals surface area contributed by atoms with Crippen molar-refractivity contribution < 1.29 is 9.90 Å². The Morgan fingerprint density at radius 2 is 2.24 bits per heavy atom. The van der Waals surface area contributed by atoms with Crippen LogP contribution in [-0.4, -0.2) is 29.6 Å². The van der Waals surface area contributed by atoms with Gasteiger partial charge >= 0.3 is 5.97 Å². The Bertz CT molecular complexity index is 411. The summed E-state index contributed by atoms with van der Waals surface area (Å²) in [5, 5.41) is 9.50. The van der Waals surface area contributed by atoms with Crippen molar-refractivity contribution in [2.45, 2.75) is 13.5 Å². The number of nitrogens with zero attached hydrogens (tertiary/aromatic N) is 1. The summed E-state index contributed by atoms with van der Waals surface area (Å²) in [4.78, 5) is 12.7. The molecule has 1 unspecified atom stereocenters. The van der Waals surface area contributed by atoms with Crippen LogP contribution in [0.25, 0.3) is 0 Å². The van der Waals surface area contributed by atoms with Crippen LogP contribution >= 0.6 is 27.5 Å². The molecular weight excluding hydrogens is 305 g/mol. The number of halogens is 2. The molecular formula is C12H15BrClNO2. The first-order valence-corrected chi connectivity index (χ1v) is 6.42. The first kappa shape index (κ1) is 14.5. The average molecular weight is 321 g/mol. The lowest BCUT2D eigenvalue weighted by atomic mass is 10.1. The van der Waals surface area contributed by atoms with Crippen LogP contribution < -0.4 is 0 Å².